The van der Waals surface area contributed by atoms with Gasteiger partial charge in [-0.1, -0.05) is 32.0 Å². The molecule has 1 N–H and O–H groups in total. The molecule has 8 heteroatoms. The molecule has 2 aromatic carbocycles. The first-order valence-electron chi connectivity index (χ1n) is 12.8. The average molecular weight is 511 g/mol. The standard InChI is InChI=1S/C29H35FN2O5/c1-19(2)18-37-21-9-10-22(20(3)17-21)27(33)25-26(23-7-4-5-8-24(23)30)32(29(35)28(25)34)12-6-11-31-13-15-36-16-14-31/h4-5,7-10,17,19,26,33H,6,11-16,18H2,1-3H3. The number of carbonyl (C=O) groups is 2. The van der Waals surface area contributed by atoms with Gasteiger partial charge in [-0.2, -0.15) is 0 Å². The quantitative estimate of drug-likeness (QED) is 0.308. The van der Waals surface area contributed by atoms with E-state index in [0.717, 1.165) is 19.6 Å². The van der Waals surface area contributed by atoms with Gasteiger partial charge in [0.1, 0.15) is 17.3 Å². The van der Waals surface area contributed by atoms with Crippen LogP contribution in [0.4, 0.5) is 4.39 Å². The first kappa shape index (κ1) is 26.8. The zero-order chi connectivity index (χ0) is 26.5. The molecule has 2 heterocycles. The summed E-state index contributed by atoms with van der Waals surface area (Å²) in [5.74, 6) is -1.38. The summed E-state index contributed by atoms with van der Waals surface area (Å²) in [6.45, 7) is 10.4. The highest BCUT2D eigenvalue weighted by atomic mass is 19.1. The Balaban J connectivity index is 1.67. The first-order valence-corrected chi connectivity index (χ1v) is 12.8. The fraction of sp³-hybridized carbons (Fsp3) is 0.448. The maximum Gasteiger partial charge on any atom is 0.295 e. The van der Waals surface area contributed by atoms with Crippen LogP contribution in [0.25, 0.3) is 5.76 Å². The first-order chi connectivity index (χ1) is 17.8. The van der Waals surface area contributed by atoms with E-state index in [1.165, 1.54) is 11.0 Å². The van der Waals surface area contributed by atoms with E-state index in [4.69, 9.17) is 9.47 Å². The number of nitrogens with zero attached hydrogens (tertiary/aromatic N) is 2. The van der Waals surface area contributed by atoms with Crippen molar-refractivity contribution in [2.45, 2.75) is 33.2 Å². The minimum Gasteiger partial charge on any atom is -0.507 e. The van der Waals surface area contributed by atoms with Crippen LogP contribution in [-0.4, -0.2) is 72.6 Å². The molecule has 2 aliphatic rings. The van der Waals surface area contributed by atoms with Gasteiger partial charge in [-0.05, 0) is 49.1 Å². The van der Waals surface area contributed by atoms with Gasteiger partial charge in [-0.15, -0.1) is 0 Å². The smallest absolute Gasteiger partial charge is 0.295 e. The Morgan fingerprint density at radius 3 is 2.54 bits per heavy atom. The number of benzene rings is 2. The average Bonchev–Trinajstić information content (AvgIpc) is 3.13. The van der Waals surface area contributed by atoms with E-state index in [2.05, 4.69) is 18.7 Å². The number of hydrogen-bond donors (Lipinski definition) is 1. The van der Waals surface area contributed by atoms with Crippen LogP contribution in [0.15, 0.2) is 48.0 Å². The van der Waals surface area contributed by atoms with Gasteiger partial charge in [-0.25, -0.2) is 4.39 Å². The molecule has 198 valence electrons. The lowest BCUT2D eigenvalue weighted by Crippen LogP contribution is -2.39. The van der Waals surface area contributed by atoms with Crippen LogP contribution in [0.3, 0.4) is 0 Å². The van der Waals surface area contributed by atoms with Crippen molar-refractivity contribution in [3.05, 3.63) is 70.5 Å². The summed E-state index contributed by atoms with van der Waals surface area (Å²) in [6.07, 6.45) is 0.610. The van der Waals surface area contributed by atoms with Crippen molar-refractivity contribution in [1.82, 2.24) is 9.80 Å². The van der Waals surface area contributed by atoms with Gasteiger partial charge in [0.15, 0.2) is 0 Å². The Labute approximate surface area is 217 Å². The third-order valence-corrected chi connectivity index (χ3v) is 6.75. The van der Waals surface area contributed by atoms with E-state index in [0.29, 0.717) is 49.0 Å². The van der Waals surface area contributed by atoms with E-state index >= 15 is 4.39 Å². The summed E-state index contributed by atoms with van der Waals surface area (Å²) in [7, 11) is 0. The molecule has 1 atom stereocenters. The summed E-state index contributed by atoms with van der Waals surface area (Å²) < 4.78 is 26.2. The summed E-state index contributed by atoms with van der Waals surface area (Å²) in [4.78, 5) is 30.1. The Morgan fingerprint density at radius 2 is 1.86 bits per heavy atom. The number of carbonyl (C=O) groups excluding carboxylic acids is 2. The van der Waals surface area contributed by atoms with Crippen LogP contribution >= 0.6 is 0 Å². The van der Waals surface area contributed by atoms with Gasteiger partial charge in [0.25, 0.3) is 11.7 Å². The molecule has 0 saturated carbocycles. The molecule has 37 heavy (non-hydrogen) atoms. The SMILES string of the molecule is Cc1cc(OCC(C)C)ccc1C(O)=C1C(=O)C(=O)N(CCCN2CCOCC2)C1c1ccccc1F. The topological polar surface area (TPSA) is 79.3 Å². The predicted octanol–water partition coefficient (Wildman–Crippen LogP) is 4.31. The maximum absolute atomic E-state index is 15.0. The van der Waals surface area contributed by atoms with E-state index in [1.54, 1.807) is 43.3 Å². The van der Waals surface area contributed by atoms with Crippen molar-refractivity contribution in [3.63, 3.8) is 0 Å². The molecule has 1 unspecified atom stereocenters. The lowest BCUT2D eigenvalue weighted by atomic mass is 9.93. The molecule has 7 nitrogen and oxygen atoms in total. The molecule has 0 aromatic heterocycles. The molecule has 0 spiro atoms. The van der Waals surface area contributed by atoms with E-state index < -0.39 is 23.5 Å². The molecule has 4 rings (SSSR count). The third-order valence-electron chi connectivity index (χ3n) is 6.75. The minimum absolute atomic E-state index is 0.0968. The molecular weight excluding hydrogens is 475 g/mol. The van der Waals surface area contributed by atoms with Gasteiger partial charge >= 0.3 is 0 Å². The van der Waals surface area contributed by atoms with E-state index in [-0.39, 0.29) is 23.4 Å². The monoisotopic (exact) mass is 510 g/mol. The number of aliphatic hydroxyl groups excluding tert-OH is 1. The zero-order valence-electron chi connectivity index (χ0n) is 21.7. The van der Waals surface area contributed by atoms with Crippen LogP contribution in [0.5, 0.6) is 5.75 Å². The van der Waals surface area contributed by atoms with Crippen molar-refractivity contribution in [3.8, 4) is 5.75 Å². The normalized spacial score (nSPS) is 20.1. The Morgan fingerprint density at radius 1 is 1.14 bits per heavy atom. The highest BCUT2D eigenvalue weighted by molar-refractivity contribution is 6.46. The molecule has 2 aliphatic heterocycles. The predicted molar refractivity (Wildman–Crippen MR) is 139 cm³/mol. The summed E-state index contributed by atoms with van der Waals surface area (Å²) >= 11 is 0. The van der Waals surface area contributed by atoms with Gasteiger partial charge in [0.05, 0.1) is 31.4 Å². The number of aliphatic hydroxyl groups is 1. The number of likely N-dealkylation sites (tertiary alicyclic amines) is 1. The summed E-state index contributed by atoms with van der Waals surface area (Å²) in [5, 5.41) is 11.4. The molecule has 1 amide bonds. The number of ketones is 1. The van der Waals surface area contributed by atoms with E-state index in [9.17, 15) is 14.7 Å². The van der Waals surface area contributed by atoms with Crippen LogP contribution < -0.4 is 4.74 Å². The van der Waals surface area contributed by atoms with Gasteiger partial charge in [0.2, 0.25) is 0 Å². The molecule has 0 aliphatic carbocycles. The third kappa shape index (κ3) is 6.02. The number of hydrogen-bond acceptors (Lipinski definition) is 6. The molecule has 2 aromatic rings. The number of amides is 1. The molecule has 2 fully saturated rings. The van der Waals surface area contributed by atoms with Crippen LogP contribution in [0, 0.1) is 18.7 Å². The lowest BCUT2D eigenvalue weighted by Gasteiger charge is -2.29. The number of aryl methyl sites for hydroxylation is 1. The second-order valence-electron chi connectivity index (χ2n) is 10.0. The summed E-state index contributed by atoms with van der Waals surface area (Å²) in [5.41, 5.74) is 1.18. The largest absolute Gasteiger partial charge is 0.507 e. The van der Waals surface area contributed by atoms with Crippen LogP contribution in [0.2, 0.25) is 0 Å². The number of ether oxygens (including phenoxy) is 2. The lowest BCUT2D eigenvalue weighted by molar-refractivity contribution is -0.140. The fourth-order valence-corrected chi connectivity index (χ4v) is 4.82. The number of Topliss-reactive ketones (excluding diaryl/α,β-unsaturated/α-hetero) is 1. The van der Waals surface area contributed by atoms with Gasteiger partial charge in [0, 0.05) is 37.3 Å². The van der Waals surface area contributed by atoms with Crippen LogP contribution in [-0.2, 0) is 14.3 Å². The maximum atomic E-state index is 15.0. The Kier molecular flexibility index (Phi) is 8.61. The number of morpholine rings is 1. The fourth-order valence-electron chi connectivity index (χ4n) is 4.82. The molecular formula is C29H35FN2O5. The van der Waals surface area contributed by atoms with Crippen molar-refractivity contribution in [2.75, 3.05) is 46.0 Å². The molecule has 2 saturated heterocycles. The van der Waals surface area contributed by atoms with Gasteiger partial charge < -0.3 is 19.5 Å². The van der Waals surface area contributed by atoms with Crippen molar-refractivity contribution >= 4 is 17.4 Å². The highest BCUT2D eigenvalue weighted by Gasteiger charge is 2.46. The van der Waals surface area contributed by atoms with Gasteiger partial charge in [-0.3, -0.25) is 14.5 Å². The highest BCUT2D eigenvalue weighted by Crippen LogP contribution is 2.41. The van der Waals surface area contributed by atoms with Crippen molar-refractivity contribution in [1.29, 1.82) is 0 Å². The van der Waals surface area contributed by atoms with Crippen molar-refractivity contribution < 1.29 is 28.6 Å². The second kappa shape index (κ2) is 11.9. The molecule has 0 bridgehead atoms. The number of halogens is 1. The van der Waals surface area contributed by atoms with Crippen LogP contribution in [0.1, 0.15) is 43.0 Å². The zero-order valence-corrected chi connectivity index (χ0v) is 21.7. The van der Waals surface area contributed by atoms with Crippen molar-refractivity contribution in [2.24, 2.45) is 5.92 Å². The Bertz CT molecular complexity index is 1170. The summed E-state index contributed by atoms with van der Waals surface area (Å²) in [6, 6.07) is 10.3. The molecule has 0 radical (unpaired) electrons. The Hall–Kier alpha value is -3.23. The second-order valence-corrected chi connectivity index (χ2v) is 10.0. The number of rotatable bonds is 9. The minimum atomic E-state index is -1.01. The van der Waals surface area contributed by atoms with E-state index in [1.807, 2.05) is 0 Å².